The molecule has 0 unspecified atom stereocenters. The quantitative estimate of drug-likeness (QED) is 0.346. The lowest BCUT2D eigenvalue weighted by Crippen LogP contribution is -2.45. The summed E-state index contributed by atoms with van der Waals surface area (Å²) in [5.41, 5.74) is 0. The molecule has 0 saturated carbocycles. The molecular weight excluding hydrogens is 196 g/mol. The van der Waals surface area contributed by atoms with Crippen LogP contribution in [0.3, 0.4) is 0 Å². The topological polar surface area (TPSA) is 29.3 Å². The predicted molar refractivity (Wildman–Crippen MR) is 73.2 cm³/mol. The van der Waals surface area contributed by atoms with Gasteiger partial charge in [-0.25, -0.2) is 5.01 Å². The highest BCUT2D eigenvalue weighted by atomic mass is 15.4. The maximum absolute atomic E-state index is 6.16. The summed E-state index contributed by atoms with van der Waals surface area (Å²) >= 11 is 0. The predicted octanol–water partition coefficient (Wildman–Crippen LogP) is 4.10. The smallest absolute Gasteiger partial charge is 0.0215 e. The van der Waals surface area contributed by atoms with Crippen LogP contribution in [0, 0.1) is 0 Å². The lowest BCUT2D eigenvalue weighted by molar-refractivity contribution is 0.137. The minimum atomic E-state index is 0.531. The molecule has 0 spiro atoms. The molecule has 0 radical (unpaired) electrons. The Morgan fingerprint density at radius 1 is 0.812 bits per heavy atom. The van der Waals surface area contributed by atoms with E-state index in [1.54, 1.807) is 0 Å². The third-order valence-electron chi connectivity index (χ3n) is 3.47. The number of nitrogens with two attached hydrogens (primary N) is 1. The first kappa shape index (κ1) is 15.9. The first-order valence-corrected chi connectivity index (χ1v) is 7.16. The maximum Gasteiger partial charge on any atom is 0.0215 e. The monoisotopic (exact) mass is 228 g/mol. The van der Waals surface area contributed by atoms with E-state index >= 15 is 0 Å². The minimum Gasteiger partial charge on any atom is -0.268 e. The van der Waals surface area contributed by atoms with E-state index in [9.17, 15) is 0 Å². The van der Waals surface area contributed by atoms with Crippen LogP contribution in [0.4, 0.5) is 0 Å². The summed E-state index contributed by atoms with van der Waals surface area (Å²) in [4.78, 5) is 0. The summed E-state index contributed by atoms with van der Waals surface area (Å²) in [5.74, 6) is 6.16. The van der Waals surface area contributed by atoms with Gasteiger partial charge in [-0.1, -0.05) is 52.4 Å². The second kappa shape index (κ2) is 10.1. The molecule has 0 fully saturated rings. The third kappa shape index (κ3) is 7.24. The molecule has 2 heteroatoms. The van der Waals surface area contributed by atoms with Gasteiger partial charge in [-0.05, 0) is 26.7 Å². The van der Waals surface area contributed by atoms with Crippen LogP contribution >= 0.6 is 0 Å². The normalized spacial score (nSPS) is 15.4. The molecule has 2 nitrogen and oxygen atoms in total. The van der Waals surface area contributed by atoms with E-state index in [4.69, 9.17) is 5.84 Å². The molecule has 98 valence electrons. The summed E-state index contributed by atoms with van der Waals surface area (Å²) in [6.07, 6.45) is 10.4. The van der Waals surface area contributed by atoms with Crippen molar-refractivity contribution in [2.75, 3.05) is 0 Å². The van der Waals surface area contributed by atoms with Crippen molar-refractivity contribution in [2.24, 2.45) is 5.84 Å². The van der Waals surface area contributed by atoms with Crippen molar-refractivity contribution in [2.45, 2.75) is 91.1 Å². The van der Waals surface area contributed by atoms with E-state index in [0.717, 1.165) is 0 Å². The zero-order valence-electron chi connectivity index (χ0n) is 11.8. The standard InChI is InChI=1S/C14H32N2/c1-5-7-9-11-13(3)16(15)14(4)12-10-8-6-2/h13-14H,5-12,15H2,1-4H3/t13-,14+. The average molecular weight is 228 g/mol. The van der Waals surface area contributed by atoms with Gasteiger partial charge in [0, 0.05) is 12.1 Å². The average Bonchev–Trinajstić information content (AvgIpc) is 2.28. The van der Waals surface area contributed by atoms with Gasteiger partial charge in [0.25, 0.3) is 0 Å². The molecule has 0 aliphatic rings. The molecule has 0 aromatic rings. The molecule has 0 saturated heterocycles. The lowest BCUT2D eigenvalue weighted by atomic mass is 10.1. The fourth-order valence-electron chi connectivity index (χ4n) is 2.11. The van der Waals surface area contributed by atoms with Crippen LogP contribution in [0.2, 0.25) is 0 Å². The molecule has 2 atom stereocenters. The van der Waals surface area contributed by atoms with Crippen LogP contribution in [0.5, 0.6) is 0 Å². The van der Waals surface area contributed by atoms with Crippen molar-refractivity contribution in [3.63, 3.8) is 0 Å². The van der Waals surface area contributed by atoms with E-state index < -0.39 is 0 Å². The zero-order chi connectivity index (χ0) is 12.4. The van der Waals surface area contributed by atoms with Gasteiger partial charge in [0.2, 0.25) is 0 Å². The second-order valence-electron chi connectivity index (χ2n) is 5.14. The molecule has 0 heterocycles. The molecule has 0 rings (SSSR count). The Bertz CT molecular complexity index is 132. The Morgan fingerprint density at radius 3 is 1.50 bits per heavy atom. The third-order valence-corrected chi connectivity index (χ3v) is 3.47. The molecule has 0 aliphatic carbocycles. The Labute approximate surface area is 103 Å². The number of hydrogen-bond donors (Lipinski definition) is 1. The number of unbranched alkanes of at least 4 members (excludes halogenated alkanes) is 4. The minimum absolute atomic E-state index is 0.531. The van der Waals surface area contributed by atoms with Crippen molar-refractivity contribution in [3.8, 4) is 0 Å². The lowest BCUT2D eigenvalue weighted by Gasteiger charge is -2.30. The van der Waals surface area contributed by atoms with E-state index in [0.29, 0.717) is 12.1 Å². The van der Waals surface area contributed by atoms with Crippen molar-refractivity contribution in [1.29, 1.82) is 0 Å². The molecule has 0 aromatic carbocycles. The van der Waals surface area contributed by atoms with Crippen molar-refractivity contribution >= 4 is 0 Å². The van der Waals surface area contributed by atoms with Crippen LogP contribution < -0.4 is 5.84 Å². The summed E-state index contributed by atoms with van der Waals surface area (Å²) in [6.45, 7) is 9.01. The number of hydrogen-bond acceptors (Lipinski definition) is 2. The molecule has 0 aliphatic heterocycles. The maximum atomic E-state index is 6.16. The first-order valence-electron chi connectivity index (χ1n) is 7.16. The highest BCUT2D eigenvalue weighted by Crippen LogP contribution is 2.13. The summed E-state index contributed by atoms with van der Waals surface area (Å²) in [6, 6.07) is 1.06. The Kier molecular flexibility index (Phi) is 10.0. The van der Waals surface area contributed by atoms with Crippen LogP contribution in [-0.2, 0) is 0 Å². The molecule has 0 amide bonds. The van der Waals surface area contributed by atoms with E-state index in [2.05, 4.69) is 32.7 Å². The highest BCUT2D eigenvalue weighted by Gasteiger charge is 2.15. The van der Waals surface area contributed by atoms with Gasteiger partial charge in [0.1, 0.15) is 0 Å². The summed E-state index contributed by atoms with van der Waals surface area (Å²) in [5, 5.41) is 2.07. The fourth-order valence-corrected chi connectivity index (χ4v) is 2.11. The largest absolute Gasteiger partial charge is 0.268 e. The fraction of sp³-hybridized carbons (Fsp3) is 1.00. The molecule has 0 bridgehead atoms. The summed E-state index contributed by atoms with van der Waals surface area (Å²) < 4.78 is 0. The van der Waals surface area contributed by atoms with Crippen LogP contribution in [0.15, 0.2) is 0 Å². The van der Waals surface area contributed by atoms with Crippen molar-refractivity contribution < 1.29 is 0 Å². The highest BCUT2D eigenvalue weighted by molar-refractivity contribution is 4.68. The number of nitrogens with zero attached hydrogens (tertiary/aromatic N) is 1. The van der Waals surface area contributed by atoms with Crippen molar-refractivity contribution in [3.05, 3.63) is 0 Å². The Balaban J connectivity index is 3.68. The first-order chi connectivity index (χ1) is 7.63. The van der Waals surface area contributed by atoms with Crippen LogP contribution in [-0.4, -0.2) is 17.1 Å². The van der Waals surface area contributed by atoms with E-state index in [-0.39, 0.29) is 0 Å². The van der Waals surface area contributed by atoms with E-state index in [1.165, 1.54) is 51.4 Å². The molecule has 16 heavy (non-hydrogen) atoms. The van der Waals surface area contributed by atoms with Gasteiger partial charge in [-0.3, -0.25) is 5.84 Å². The van der Waals surface area contributed by atoms with Gasteiger partial charge in [-0.15, -0.1) is 0 Å². The van der Waals surface area contributed by atoms with Gasteiger partial charge in [0.15, 0.2) is 0 Å². The number of rotatable bonds is 10. The molecular formula is C14H32N2. The van der Waals surface area contributed by atoms with E-state index in [1.807, 2.05) is 0 Å². The Morgan fingerprint density at radius 2 is 1.19 bits per heavy atom. The van der Waals surface area contributed by atoms with Gasteiger partial charge >= 0.3 is 0 Å². The number of hydrazine groups is 1. The van der Waals surface area contributed by atoms with Gasteiger partial charge < -0.3 is 0 Å². The van der Waals surface area contributed by atoms with Gasteiger partial charge in [0.05, 0.1) is 0 Å². The molecule has 2 N–H and O–H groups in total. The van der Waals surface area contributed by atoms with Crippen molar-refractivity contribution in [1.82, 2.24) is 5.01 Å². The van der Waals surface area contributed by atoms with Crippen LogP contribution in [0.1, 0.15) is 79.1 Å². The molecule has 0 aromatic heterocycles. The Hall–Kier alpha value is -0.0800. The van der Waals surface area contributed by atoms with Gasteiger partial charge in [-0.2, -0.15) is 0 Å². The zero-order valence-corrected chi connectivity index (χ0v) is 11.8. The van der Waals surface area contributed by atoms with Crippen LogP contribution in [0.25, 0.3) is 0 Å². The summed E-state index contributed by atoms with van der Waals surface area (Å²) in [7, 11) is 0. The SMILES string of the molecule is CCCCC[C@@H](C)N(N)[C@@H](C)CCCCC. The second-order valence-corrected chi connectivity index (χ2v) is 5.14.